The molecule has 0 spiro atoms. The molecule has 4 unspecified atom stereocenters. The van der Waals surface area contributed by atoms with E-state index in [1.165, 1.54) is 0 Å². The fourth-order valence-corrected chi connectivity index (χ4v) is 6.47. The molecule has 1 aromatic heterocycles. The molecule has 1 aromatic carbocycles. The molecule has 29 heavy (non-hydrogen) atoms. The van der Waals surface area contributed by atoms with E-state index in [1.807, 2.05) is 22.5 Å². The van der Waals surface area contributed by atoms with Gasteiger partial charge in [0.15, 0.2) is 0 Å². The Hall–Kier alpha value is 0.0900. The summed E-state index contributed by atoms with van der Waals surface area (Å²) in [6.07, 6.45) is 5.61. The highest BCUT2D eigenvalue weighted by molar-refractivity contribution is 9.11. The van der Waals surface area contributed by atoms with Gasteiger partial charge in [0.2, 0.25) is 5.95 Å². The minimum Gasteiger partial charge on any atom is -0.494 e. The number of carbonyl (C=O) groups excluding carboxylic acids is 1. The van der Waals surface area contributed by atoms with Crippen LogP contribution < -0.4 is 15.1 Å². The zero-order valence-electron chi connectivity index (χ0n) is 15.4. The highest BCUT2D eigenvalue weighted by Crippen LogP contribution is 2.52. The Labute approximate surface area is 197 Å². The molecule has 0 aliphatic rings. The number of anilines is 1. The summed E-state index contributed by atoms with van der Waals surface area (Å²) in [7, 11) is 9.67. The highest BCUT2D eigenvalue weighted by Gasteiger charge is 2.12. The van der Waals surface area contributed by atoms with E-state index in [1.54, 1.807) is 19.5 Å². The number of rotatable bonds is 9. The van der Waals surface area contributed by atoms with Crippen LogP contribution in [-0.2, 0) is 11.2 Å². The largest absolute Gasteiger partial charge is 0.494 e. The maximum Gasteiger partial charge on any atom is 0.250 e. The topological polar surface area (TPSA) is 68.2 Å². The molecule has 1 heterocycles. The first-order chi connectivity index (χ1) is 13.8. The molecule has 2 rings (SSSR count). The lowest BCUT2D eigenvalue weighted by atomic mass is 10.1. The molecule has 0 aliphatic heterocycles. The lowest BCUT2D eigenvalue weighted by Gasteiger charge is -2.11. The Bertz CT molecular complexity index is 913. The summed E-state index contributed by atoms with van der Waals surface area (Å²) >= 11 is 6.94. The van der Waals surface area contributed by atoms with Crippen molar-refractivity contribution in [3.05, 3.63) is 56.9 Å². The van der Waals surface area contributed by atoms with Crippen molar-refractivity contribution in [2.45, 2.75) is 6.42 Å². The summed E-state index contributed by atoms with van der Waals surface area (Å²) in [6.45, 7) is 3.91. The summed E-state index contributed by atoms with van der Waals surface area (Å²) in [5.74, 6) is 1.27. The third-order valence-electron chi connectivity index (χ3n) is 3.62. The van der Waals surface area contributed by atoms with Gasteiger partial charge in [-0.2, -0.15) is 0 Å². The number of hydrogen-bond donors (Lipinski definition) is 2. The van der Waals surface area contributed by atoms with Crippen molar-refractivity contribution in [2.75, 3.05) is 12.2 Å². The number of imidazole rings is 1. The second-order valence-corrected chi connectivity index (χ2v) is 15.0. The van der Waals surface area contributed by atoms with E-state index in [-0.39, 0.29) is 5.91 Å². The zero-order chi connectivity index (χ0) is 21.6. The van der Waals surface area contributed by atoms with Gasteiger partial charge in [-0.1, -0.05) is 33.4 Å². The molecular weight excluding hydrogens is 595 g/mol. The molecule has 13 heteroatoms. The van der Waals surface area contributed by atoms with Crippen molar-refractivity contribution in [1.29, 1.82) is 0 Å². The quantitative estimate of drug-likeness (QED) is 0.271. The van der Waals surface area contributed by atoms with Gasteiger partial charge >= 0.3 is 0 Å². The van der Waals surface area contributed by atoms with Crippen LogP contribution in [0, 0.1) is 0 Å². The molecule has 156 valence electrons. The van der Waals surface area contributed by atoms with Gasteiger partial charge in [-0.25, -0.2) is 4.98 Å². The number of nitrogens with zero attached hydrogens (tertiary/aromatic N) is 2. The Morgan fingerprint density at radius 1 is 1.41 bits per heavy atom. The van der Waals surface area contributed by atoms with E-state index in [4.69, 9.17) is 4.74 Å². The maximum atomic E-state index is 12.4. The van der Waals surface area contributed by atoms with Crippen molar-refractivity contribution in [2.24, 2.45) is 0 Å². The predicted molar refractivity (Wildman–Crippen MR) is 144 cm³/mol. The number of carbonyl (C=O) groups is 1. The molecule has 0 bridgehead atoms. The second-order valence-electron chi connectivity index (χ2n) is 5.67. The summed E-state index contributed by atoms with van der Waals surface area (Å²) in [4.78, 5) is 16.8. The first-order valence-corrected chi connectivity index (χ1v) is 17.0. The van der Waals surface area contributed by atoms with Crippen LogP contribution in [0.25, 0.3) is 6.08 Å². The predicted octanol–water partition coefficient (Wildman–Crippen LogP) is 5.92. The maximum absolute atomic E-state index is 12.4. The number of ether oxygens (including phenoxy) is 1. The van der Waals surface area contributed by atoms with Crippen LogP contribution in [0.3, 0.4) is 0 Å². The number of nitrogens with one attached hydrogen (secondary N) is 2. The Morgan fingerprint density at radius 2 is 2.07 bits per heavy atom. The highest BCUT2D eigenvalue weighted by atomic mass is 79.9. The van der Waals surface area contributed by atoms with Crippen molar-refractivity contribution < 1.29 is 9.53 Å². The normalized spacial score (nSPS) is 11.6. The van der Waals surface area contributed by atoms with Crippen molar-refractivity contribution >= 4 is 92.4 Å². The van der Waals surface area contributed by atoms with E-state index < -0.39 is 7.45 Å². The Balaban J connectivity index is 2.00. The molecule has 0 fully saturated rings. The summed E-state index contributed by atoms with van der Waals surface area (Å²) < 4.78 is 8.95. The van der Waals surface area contributed by atoms with Crippen LogP contribution in [0.1, 0.15) is 11.3 Å². The molecule has 2 N–H and O–H groups in total. The van der Waals surface area contributed by atoms with Gasteiger partial charge in [0, 0.05) is 34.1 Å². The molecule has 6 nitrogen and oxygen atoms in total. The van der Waals surface area contributed by atoms with Crippen molar-refractivity contribution in [3.63, 3.8) is 0 Å². The number of hydrogen-bond acceptors (Lipinski definition) is 4. The van der Waals surface area contributed by atoms with Crippen LogP contribution in [0.15, 0.2) is 45.6 Å². The monoisotopic (exact) mass is 614 g/mol. The van der Waals surface area contributed by atoms with Crippen molar-refractivity contribution in [3.8, 4) is 5.75 Å². The third kappa shape index (κ3) is 7.33. The van der Waals surface area contributed by atoms with E-state index in [9.17, 15) is 4.79 Å². The fraction of sp³-hybridized carbons (Fsp3) is 0.125. The molecule has 0 saturated heterocycles. The van der Waals surface area contributed by atoms with Crippen LogP contribution in [0.5, 0.6) is 5.75 Å². The van der Waals surface area contributed by atoms with E-state index >= 15 is 0 Å². The number of amides is 1. The standard InChI is InChI=1S/C16H21Br2N4O2P5/c1-9(5-10-6-12(17)14(24-2)13(18)7-10)15(23)19-4-3-11-8-20-16(21-29(26)27)22(11)28-25/h3-4,6-8,28H,1,5,25-27H2,2H3,(H,19,23)(H,20,21)/b4-3-. The molecule has 0 aliphatic carbocycles. The van der Waals surface area contributed by atoms with Gasteiger partial charge in [0.05, 0.1) is 27.9 Å². The average Bonchev–Trinajstić information content (AvgIpc) is 3.02. The van der Waals surface area contributed by atoms with Gasteiger partial charge in [0.1, 0.15) is 5.75 Å². The number of halogens is 2. The summed E-state index contributed by atoms with van der Waals surface area (Å²) in [5, 5.41) is 6.06. The lowest BCUT2D eigenvalue weighted by Crippen LogP contribution is -2.19. The van der Waals surface area contributed by atoms with Gasteiger partial charge in [0.25, 0.3) is 5.91 Å². The Kier molecular flexibility index (Phi) is 10.7. The lowest BCUT2D eigenvalue weighted by molar-refractivity contribution is -0.116. The van der Waals surface area contributed by atoms with Crippen LogP contribution in [0.2, 0.25) is 0 Å². The second kappa shape index (κ2) is 12.2. The van der Waals surface area contributed by atoms with E-state index in [2.05, 4.69) is 80.6 Å². The number of methoxy groups -OCH3 is 1. The molecule has 1 amide bonds. The van der Waals surface area contributed by atoms with Crippen molar-refractivity contribution in [1.82, 2.24) is 14.6 Å². The number of aromatic nitrogens is 2. The summed E-state index contributed by atoms with van der Waals surface area (Å²) in [6, 6.07) is 3.83. The van der Waals surface area contributed by atoms with Crippen LogP contribution in [0.4, 0.5) is 5.95 Å². The Morgan fingerprint density at radius 3 is 2.62 bits per heavy atom. The van der Waals surface area contributed by atoms with Gasteiger partial charge in [-0.05, 0) is 55.6 Å². The van der Waals surface area contributed by atoms with E-state index in [0.717, 1.165) is 26.2 Å². The van der Waals surface area contributed by atoms with E-state index in [0.29, 0.717) is 26.2 Å². The minimum absolute atomic E-state index is 0.236. The van der Waals surface area contributed by atoms with Gasteiger partial charge < -0.3 is 15.1 Å². The van der Waals surface area contributed by atoms with Crippen LogP contribution in [-0.4, -0.2) is 22.3 Å². The smallest absolute Gasteiger partial charge is 0.250 e. The fourth-order valence-electron chi connectivity index (χ4n) is 2.35. The zero-order valence-corrected chi connectivity index (χ0v) is 24.0. The molecule has 0 saturated carbocycles. The number of benzene rings is 1. The average molecular weight is 616 g/mol. The third-order valence-corrected chi connectivity index (χ3v) is 7.53. The molecular formula is C16H21Br2N4O2P5. The minimum atomic E-state index is -0.475. The molecule has 4 atom stereocenters. The molecule has 2 aromatic rings. The summed E-state index contributed by atoms with van der Waals surface area (Å²) in [5.41, 5.74) is 2.29. The first kappa shape index (κ1) is 25.4. The first-order valence-electron chi connectivity index (χ1n) is 8.04. The van der Waals surface area contributed by atoms with Crippen LogP contribution >= 0.6 is 74.5 Å². The van der Waals surface area contributed by atoms with Gasteiger partial charge in [-0.15, -0.1) is 0 Å². The van der Waals surface area contributed by atoms with Gasteiger partial charge in [-0.3, -0.25) is 9.13 Å². The SMILES string of the molecule is C=C(Cc1cc(Br)c(OC)c(Br)c1)C(=O)N/C=C\c1cnc(NP(P)P)n1PP. The molecule has 0 radical (unpaired) electrons.